The Balaban J connectivity index is 1.46. The van der Waals surface area contributed by atoms with E-state index >= 15 is 0 Å². The molecule has 3 heteroatoms. The predicted octanol–water partition coefficient (Wildman–Crippen LogP) is 5.54. The van der Waals surface area contributed by atoms with Gasteiger partial charge < -0.3 is 10.1 Å². The number of anilines is 1. The summed E-state index contributed by atoms with van der Waals surface area (Å²) in [4.78, 5) is 12.5. The van der Waals surface area contributed by atoms with Crippen LogP contribution in [0.2, 0.25) is 0 Å². The van der Waals surface area contributed by atoms with E-state index in [-0.39, 0.29) is 12.6 Å². The van der Waals surface area contributed by atoms with Gasteiger partial charge in [0.15, 0.2) is 0 Å². The van der Waals surface area contributed by atoms with Crippen LogP contribution in [0.15, 0.2) is 84.9 Å². The van der Waals surface area contributed by atoms with Gasteiger partial charge in [-0.25, -0.2) is 4.79 Å². The number of nitrogens with one attached hydrogen (secondary N) is 1. The van der Waals surface area contributed by atoms with Crippen LogP contribution >= 0.6 is 0 Å². The molecule has 0 aliphatic carbocycles. The van der Waals surface area contributed by atoms with Crippen molar-refractivity contribution < 1.29 is 9.53 Å². The first-order valence-electron chi connectivity index (χ1n) is 9.10. The summed E-state index contributed by atoms with van der Waals surface area (Å²) in [5.41, 5.74) is 1.95. The van der Waals surface area contributed by atoms with Crippen LogP contribution < -0.4 is 5.32 Å². The molecule has 3 nitrogen and oxygen atoms in total. The highest BCUT2D eigenvalue weighted by Gasteiger charge is 2.16. The Hall–Kier alpha value is -3.33. The predicted molar refractivity (Wildman–Crippen MR) is 111 cm³/mol. The third kappa shape index (κ3) is 3.63. The molecule has 4 aromatic rings. The molecule has 0 radical (unpaired) electrons. The van der Waals surface area contributed by atoms with Gasteiger partial charge in [-0.15, -0.1) is 0 Å². The van der Waals surface area contributed by atoms with Crippen molar-refractivity contribution in [3.05, 3.63) is 90.5 Å². The maximum atomic E-state index is 12.5. The first-order valence-corrected chi connectivity index (χ1v) is 9.10. The second kappa shape index (κ2) is 7.50. The number of carbonyl (C=O) groups is 1. The first kappa shape index (κ1) is 17.1. The molecule has 0 aliphatic rings. The molecule has 134 valence electrons. The lowest BCUT2D eigenvalue weighted by molar-refractivity contribution is -0.145. The van der Waals surface area contributed by atoms with Crippen molar-refractivity contribution >= 4 is 33.2 Å². The molecule has 0 aliphatic heterocycles. The molecule has 0 spiro atoms. The molecule has 0 heterocycles. The molecule has 1 N–H and O–H groups in total. The average Bonchev–Trinajstić information content (AvgIpc) is 2.72. The number of ether oxygens (including phenoxy) is 1. The number of esters is 1. The minimum atomic E-state index is -0.439. The molecule has 0 saturated heterocycles. The molecular formula is C24H21NO2. The van der Waals surface area contributed by atoms with E-state index in [2.05, 4.69) is 35.6 Å². The van der Waals surface area contributed by atoms with E-state index in [0.29, 0.717) is 0 Å². The van der Waals surface area contributed by atoms with Gasteiger partial charge in [-0.05, 0) is 34.7 Å². The quantitative estimate of drug-likeness (QED) is 0.478. The molecule has 4 rings (SSSR count). The van der Waals surface area contributed by atoms with Gasteiger partial charge >= 0.3 is 5.97 Å². The summed E-state index contributed by atoms with van der Waals surface area (Å²) >= 11 is 0. The molecule has 0 bridgehead atoms. The number of hydrogen-bond donors (Lipinski definition) is 1. The van der Waals surface area contributed by atoms with E-state index < -0.39 is 6.04 Å². The topological polar surface area (TPSA) is 38.3 Å². The Bertz CT molecular complexity index is 1090. The van der Waals surface area contributed by atoms with Crippen LogP contribution in [0.5, 0.6) is 0 Å². The zero-order valence-corrected chi connectivity index (χ0v) is 15.2. The number of hydrogen-bond acceptors (Lipinski definition) is 3. The lowest BCUT2D eigenvalue weighted by Crippen LogP contribution is -2.28. The highest BCUT2D eigenvalue weighted by Crippen LogP contribution is 2.24. The van der Waals surface area contributed by atoms with Crippen molar-refractivity contribution in [1.29, 1.82) is 0 Å². The fourth-order valence-electron chi connectivity index (χ4n) is 3.34. The summed E-state index contributed by atoms with van der Waals surface area (Å²) < 4.78 is 5.58. The molecular weight excluding hydrogens is 334 g/mol. The fraction of sp³-hybridized carbons (Fsp3) is 0.125. The zero-order chi connectivity index (χ0) is 18.6. The average molecular weight is 355 g/mol. The number of fused-ring (bicyclic) bond motifs is 2. The summed E-state index contributed by atoms with van der Waals surface area (Å²) in [5, 5.41) is 7.77. The molecule has 0 unspecified atom stereocenters. The van der Waals surface area contributed by atoms with Crippen LogP contribution in [-0.2, 0) is 16.1 Å². The van der Waals surface area contributed by atoms with Crippen LogP contribution in [0.3, 0.4) is 0 Å². The number of benzene rings is 4. The summed E-state index contributed by atoms with van der Waals surface area (Å²) in [6.07, 6.45) is 0. The Morgan fingerprint density at radius 3 is 2.19 bits per heavy atom. The standard InChI is InChI=1S/C24H21NO2/c1-17(25-23-15-7-11-19-9-3-5-14-22(19)23)24(26)27-16-20-12-6-10-18-8-2-4-13-21(18)20/h2-15,17,25H,16H2,1H3/t17-/m0/s1. The fourth-order valence-corrected chi connectivity index (χ4v) is 3.34. The van der Waals surface area contributed by atoms with Crippen molar-refractivity contribution in [1.82, 2.24) is 0 Å². The van der Waals surface area contributed by atoms with Gasteiger partial charge in [0, 0.05) is 11.1 Å². The van der Waals surface area contributed by atoms with E-state index in [9.17, 15) is 4.79 Å². The largest absolute Gasteiger partial charge is 0.459 e. The van der Waals surface area contributed by atoms with E-state index in [4.69, 9.17) is 4.74 Å². The third-order valence-corrected chi connectivity index (χ3v) is 4.77. The molecule has 4 aromatic carbocycles. The Kier molecular flexibility index (Phi) is 4.75. The zero-order valence-electron chi connectivity index (χ0n) is 15.2. The maximum Gasteiger partial charge on any atom is 0.328 e. The highest BCUT2D eigenvalue weighted by molar-refractivity contribution is 5.95. The summed E-state index contributed by atoms with van der Waals surface area (Å²) in [7, 11) is 0. The van der Waals surface area contributed by atoms with Crippen LogP contribution in [0.4, 0.5) is 5.69 Å². The van der Waals surface area contributed by atoms with E-state index in [1.165, 1.54) is 0 Å². The maximum absolute atomic E-state index is 12.5. The molecule has 0 fully saturated rings. The lowest BCUT2D eigenvalue weighted by Gasteiger charge is -2.16. The smallest absolute Gasteiger partial charge is 0.328 e. The van der Waals surface area contributed by atoms with Crippen molar-refractivity contribution in [2.75, 3.05) is 5.32 Å². The Morgan fingerprint density at radius 2 is 1.41 bits per heavy atom. The monoisotopic (exact) mass is 355 g/mol. The van der Waals surface area contributed by atoms with Crippen molar-refractivity contribution in [2.24, 2.45) is 0 Å². The van der Waals surface area contributed by atoms with Gasteiger partial charge in [0.05, 0.1) is 0 Å². The van der Waals surface area contributed by atoms with Gasteiger partial charge in [0.1, 0.15) is 12.6 Å². The van der Waals surface area contributed by atoms with Gasteiger partial charge in [-0.2, -0.15) is 0 Å². The third-order valence-electron chi connectivity index (χ3n) is 4.77. The van der Waals surface area contributed by atoms with Crippen molar-refractivity contribution in [2.45, 2.75) is 19.6 Å². The summed E-state index contributed by atoms with van der Waals surface area (Å²) in [6.45, 7) is 2.09. The molecule has 0 amide bonds. The summed E-state index contributed by atoms with van der Waals surface area (Å²) in [6, 6.07) is 27.9. The Morgan fingerprint density at radius 1 is 0.815 bits per heavy atom. The normalized spacial score (nSPS) is 12.0. The van der Waals surface area contributed by atoms with Gasteiger partial charge in [-0.3, -0.25) is 0 Å². The molecule has 27 heavy (non-hydrogen) atoms. The molecule has 1 atom stereocenters. The van der Waals surface area contributed by atoms with E-state index in [1.54, 1.807) is 0 Å². The van der Waals surface area contributed by atoms with Crippen LogP contribution in [0.1, 0.15) is 12.5 Å². The lowest BCUT2D eigenvalue weighted by atomic mass is 10.1. The Labute approximate surface area is 158 Å². The van der Waals surface area contributed by atoms with Crippen LogP contribution in [-0.4, -0.2) is 12.0 Å². The van der Waals surface area contributed by atoms with Gasteiger partial charge in [0.2, 0.25) is 0 Å². The van der Waals surface area contributed by atoms with Gasteiger partial charge in [0.25, 0.3) is 0 Å². The summed E-state index contributed by atoms with van der Waals surface area (Å²) in [5.74, 6) is -0.268. The minimum Gasteiger partial charge on any atom is -0.459 e. The number of carbonyl (C=O) groups excluding carboxylic acids is 1. The highest BCUT2D eigenvalue weighted by atomic mass is 16.5. The second-order valence-corrected chi connectivity index (χ2v) is 6.64. The first-order chi connectivity index (χ1) is 13.2. The second-order valence-electron chi connectivity index (χ2n) is 6.64. The molecule has 0 saturated carbocycles. The van der Waals surface area contributed by atoms with Crippen molar-refractivity contribution in [3.8, 4) is 0 Å². The SMILES string of the molecule is C[C@H](Nc1cccc2ccccc12)C(=O)OCc1cccc2ccccc12. The van der Waals surface area contributed by atoms with Crippen LogP contribution in [0.25, 0.3) is 21.5 Å². The molecule has 0 aromatic heterocycles. The van der Waals surface area contributed by atoms with Gasteiger partial charge in [-0.1, -0.05) is 78.9 Å². The number of rotatable bonds is 5. The van der Waals surface area contributed by atoms with E-state index in [0.717, 1.165) is 32.8 Å². The van der Waals surface area contributed by atoms with Crippen molar-refractivity contribution in [3.63, 3.8) is 0 Å². The minimum absolute atomic E-state index is 0.266. The van der Waals surface area contributed by atoms with E-state index in [1.807, 2.05) is 61.5 Å². The van der Waals surface area contributed by atoms with Crippen LogP contribution in [0, 0.1) is 0 Å².